The van der Waals surface area contributed by atoms with Gasteiger partial charge in [-0.3, -0.25) is 14.3 Å². The summed E-state index contributed by atoms with van der Waals surface area (Å²) in [6, 6.07) is 12.3. The molecule has 0 bridgehead atoms. The quantitative estimate of drug-likeness (QED) is 0.692. The zero-order valence-electron chi connectivity index (χ0n) is 14.4. The summed E-state index contributed by atoms with van der Waals surface area (Å²) in [5.41, 5.74) is 0.630. The lowest BCUT2D eigenvalue weighted by atomic mass is 10.1. The third-order valence-corrected chi connectivity index (χ3v) is 5.48. The fraction of sp³-hybridized carbons (Fsp3) is 0.222. The Morgan fingerprint density at radius 3 is 2.42 bits per heavy atom. The Hall–Kier alpha value is -2.32. The second kappa shape index (κ2) is 8.86. The van der Waals surface area contributed by atoms with Crippen LogP contribution < -0.4 is 9.46 Å². The number of hydrogen-bond acceptors (Lipinski definition) is 6. The van der Waals surface area contributed by atoms with Gasteiger partial charge in [-0.1, -0.05) is 23.9 Å². The number of rotatable bonds is 8. The number of anilines is 1. The van der Waals surface area contributed by atoms with Crippen molar-refractivity contribution in [1.82, 2.24) is 0 Å². The van der Waals surface area contributed by atoms with Crippen LogP contribution in [0.2, 0.25) is 0 Å². The van der Waals surface area contributed by atoms with Crippen LogP contribution in [0.5, 0.6) is 5.75 Å². The van der Waals surface area contributed by atoms with Gasteiger partial charge in [0, 0.05) is 18.2 Å². The van der Waals surface area contributed by atoms with Crippen molar-refractivity contribution in [2.24, 2.45) is 0 Å². The van der Waals surface area contributed by atoms with Gasteiger partial charge < -0.3 is 4.74 Å². The number of carbonyl (C=O) groups excluding carboxylic acids is 2. The van der Waals surface area contributed by atoms with Gasteiger partial charge >= 0.3 is 0 Å². The smallest absolute Gasteiger partial charge is 0.261 e. The first-order chi connectivity index (χ1) is 12.3. The molecule has 0 radical (unpaired) electrons. The van der Waals surface area contributed by atoms with Gasteiger partial charge in [0.2, 0.25) is 0 Å². The zero-order valence-corrected chi connectivity index (χ0v) is 16.0. The molecule has 2 aromatic rings. The lowest BCUT2D eigenvalue weighted by molar-refractivity contribution is -0.109. The van der Waals surface area contributed by atoms with Crippen molar-refractivity contribution in [3.05, 3.63) is 54.1 Å². The number of carbonyl (C=O) groups is 2. The first kappa shape index (κ1) is 20.0. The van der Waals surface area contributed by atoms with Crippen LogP contribution in [-0.4, -0.2) is 31.7 Å². The van der Waals surface area contributed by atoms with Crippen molar-refractivity contribution >= 4 is 38.4 Å². The summed E-state index contributed by atoms with van der Waals surface area (Å²) in [5, 5.41) is -0.167. The SMILES string of the molecule is CCOc1ccc(NS(=O)(=O)c2cccc(C(=O)CSC(C)=O)c2)cc1. The van der Waals surface area contributed by atoms with E-state index in [0.29, 0.717) is 18.0 Å². The Morgan fingerprint density at radius 1 is 1.12 bits per heavy atom. The fourth-order valence-corrected chi connectivity index (χ4v) is 3.69. The summed E-state index contributed by atoms with van der Waals surface area (Å²) in [5.74, 6) is 0.319. The maximum absolute atomic E-state index is 12.5. The monoisotopic (exact) mass is 393 g/mol. The number of benzene rings is 2. The minimum Gasteiger partial charge on any atom is -0.494 e. The highest BCUT2D eigenvalue weighted by atomic mass is 32.2. The molecule has 0 saturated carbocycles. The molecular weight excluding hydrogens is 374 g/mol. The topological polar surface area (TPSA) is 89.5 Å². The number of thioether (sulfide) groups is 1. The Labute approximate surface area is 157 Å². The maximum Gasteiger partial charge on any atom is 0.261 e. The van der Waals surface area contributed by atoms with E-state index in [1.54, 1.807) is 24.3 Å². The van der Waals surface area contributed by atoms with E-state index in [1.807, 2.05) is 6.92 Å². The zero-order chi connectivity index (χ0) is 19.2. The Kier molecular flexibility index (Phi) is 6.82. The molecule has 0 aromatic heterocycles. The molecule has 2 rings (SSSR count). The van der Waals surface area contributed by atoms with Crippen molar-refractivity contribution < 1.29 is 22.7 Å². The largest absolute Gasteiger partial charge is 0.494 e. The number of ether oxygens (including phenoxy) is 1. The van der Waals surface area contributed by atoms with E-state index in [0.717, 1.165) is 11.8 Å². The molecule has 0 fully saturated rings. The predicted octanol–water partition coefficient (Wildman–Crippen LogP) is 3.35. The molecule has 0 heterocycles. The molecule has 0 atom stereocenters. The van der Waals surface area contributed by atoms with Crippen LogP contribution in [-0.2, 0) is 14.8 Å². The van der Waals surface area contributed by atoms with Crippen molar-refractivity contribution in [3.8, 4) is 5.75 Å². The van der Waals surface area contributed by atoms with Crippen molar-refractivity contribution in [2.45, 2.75) is 18.7 Å². The number of Topliss-reactive ketones (excluding diaryl/α,β-unsaturated/α-hetero) is 1. The predicted molar refractivity (Wildman–Crippen MR) is 102 cm³/mol. The standard InChI is InChI=1S/C18H19NO5S2/c1-3-24-16-9-7-15(8-10-16)19-26(22,23)17-6-4-5-14(11-17)18(21)12-25-13(2)20/h4-11,19H,3,12H2,1-2H3. The van der Waals surface area contributed by atoms with Crippen molar-refractivity contribution in [1.29, 1.82) is 0 Å². The Bertz CT molecular complexity index is 892. The van der Waals surface area contributed by atoms with Gasteiger partial charge in [-0.15, -0.1) is 0 Å². The number of ketones is 1. The summed E-state index contributed by atoms with van der Waals surface area (Å²) in [6.07, 6.45) is 0. The maximum atomic E-state index is 12.5. The van der Waals surface area contributed by atoms with E-state index in [2.05, 4.69) is 4.72 Å². The van der Waals surface area contributed by atoms with Gasteiger partial charge in [0.15, 0.2) is 10.9 Å². The molecule has 0 unspecified atom stereocenters. The van der Waals surface area contributed by atoms with Crippen LogP contribution in [0, 0.1) is 0 Å². The molecule has 0 spiro atoms. The third kappa shape index (κ3) is 5.60. The minimum absolute atomic E-state index is 0.0227. The summed E-state index contributed by atoms with van der Waals surface area (Å²) < 4.78 is 32.9. The Morgan fingerprint density at radius 2 is 1.81 bits per heavy atom. The van der Waals surface area contributed by atoms with E-state index < -0.39 is 10.0 Å². The van der Waals surface area contributed by atoms with Crippen molar-refractivity contribution in [3.63, 3.8) is 0 Å². The molecule has 0 aliphatic heterocycles. The fourth-order valence-electron chi connectivity index (χ4n) is 2.09. The second-order valence-electron chi connectivity index (χ2n) is 5.29. The summed E-state index contributed by atoms with van der Waals surface area (Å²) in [7, 11) is -3.84. The summed E-state index contributed by atoms with van der Waals surface area (Å²) >= 11 is 0.890. The molecule has 2 aromatic carbocycles. The molecule has 0 saturated heterocycles. The van der Waals surface area contributed by atoms with Crippen LogP contribution in [0.15, 0.2) is 53.4 Å². The number of sulfonamides is 1. The van der Waals surface area contributed by atoms with Gasteiger partial charge in [-0.25, -0.2) is 8.42 Å². The molecule has 6 nitrogen and oxygen atoms in total. The average molecular weight is 393 g/mol. The highest BCUT2D eigenvalue weighted by molar-refractivity contribution is 8.14. The molecule has 26 heavy (non-hydrogen) atoms. The minimum atomic E-state index is -3.84. The van der Waals surface area contributed by atoms with Gasteiger partial charge in [0.25, 0.3) is 10.0 Å². The lowest BCUT2D eigenvalue weighted by Gasteiger charge is -2.10. The molecule has 0 amide bonds. The number of hydrogen-bond donors (Lipinski definition) is 1. The van der Waals surface area contributed by atoms with Crippen LogP contribution in [0.25, 0.3) is 0 Å². The van der Waals surface area contributed by atoms with Crippen molar-refractivity contribution in [2.75, 3.05) is 17.1 Å². The third-order valence-electron chi connectivity index (χ3n) is 3.29. The van der Waals surface area contributed by atoms with Gasteiger partial charge in [-0.2, -0.15) is 0 Å². The normalized spacial score (nSPS) is 11.0. The summed E-state index contributed by atoms with van der Waals surface area (Å²) in [6.45, 7) is 3.76. The molecule has 8 heteroatoms. The first-order valence-corrected chi connectivity index (χ1v) is 10.3. The molecule has 1 N–H and O–H groups in total. The van der Waals surface area contributed by atoms with E-state index in [4.69, 9.17) is 4.74 Å². The van der Waals surface area contributed by atoms with Gasteiger partial charge in [-0.05, 0) is 43.3 Å². The lowest BCUT2D eigenvalue weighted by Crippen LogP contribution is -2.14. The van der Waals surface area contributed by atoms with Crippen LogP contribution in [0.3, 0.4) is 0 Å². The van der Waals surface area contributed by atoms with E-state index in [9.17, 15) is 18.0 Å². The number of nitrogens with one attached hydrogen (secondary N) is 1. The highest BCUT2D eigenvalue weighted by Gasteiger charge is 2.17. The van der Waals surface area contributed by atoms with Gasteiger partial charge in [0.05, 0.1) is 17.3 Å². The first-order valence-electron chi connectivity index (χ1n) is 7.84. The van der Waals surface area contributed by atoms with Crippen LogP contribution in [0.4, 0.5) is 5.69 Å². The average Bonchev–Trinajstić information content (AvgIpc) is 2.61. The highest BCUT2D eigenvalue weighted by Crippen LogP contribution is 2.20. The summed E-state index contributed by atoms with van der Waals surface area (Å²) in [4.78, 5) is 23.0. The molecule has 0 aliphatic carbocycles. The Balaban J connectivity index is 2.16. The van der Waals surface area contributed by atoms with E-state index >= 15 is 0 Å². The van der Waals surface area contributed by atoms with E-state index in [-0.39, 0.29) is 27.1 Å². The molecule has 138 valence electrons. The molecule has 0 aliphatic rings. The van der Waals surface area contributed by atoms with E-state index in [1.165, 1.54) is 31.2 Å². The van der Waals surface area contributed by atoms with Gasteiger partial charge in [0.1, 0.15) is 5.75 Å². The molecular formula is C18H19NO5S2. The van der Waals surface area contributed by atoms with Crippen LogP contribution >= 0.6 is 11.8 Å². The second-order valence-corrected chi connectivity index (χ2v) is 8.13. The van der Waals surface area contributed by atoms with Crippen LogP contribution in [0.1, 0.15) is 24.2 Å².